The van der Waals surface area contributed by atoms with Gasteiger partial charge in [0.25, 0.3) is 0 Å². The summed E-state index contributed by atoms with van der Waals surface area (Å²) in [6.07, 6.45) is -1.12. The summed E-state index contributed by atoms with van der Waals surface area (Å²) in [5, 5.41) is 13.1. The molecule has 2 aromatic carbocycles. The Labute approximate surface area is 136 Å². The van der Waals surface area contributed by atoms with Crippen LogP contribution in [0, 0.1) is 11.7 Å². The van der Waals surface area contributed by atoms with E-state index in [4.69, 9.17) is 0 Å². The predicted octanol–water partition coefficient (Wildman–Crippen LogP) is 3.76. The highest BCUT2D eigenvalue weighted by Gasteiger charge is 2.20. The topological polar surface area (TPSA) is 49.3 Å². The maximum atomic E-state index is 13.2. The lowest BCUT2D eigenvalue weighted by atomic mass is 9.95. The van der Waals surface area contributed by atoms with E-state index in [1.807, 2.05) is 44.2 Å². The van der Waals surface area contributed by atoms with Crippen molar-refractivity contribution >= 4 is 5.91 Å². The van der Waals surface area contributed by atoms with E-state index in [1.54, 1.807) is 6.07 Å². The first-order valence-electron chi connectivity index (χ1n) is 7.75. The molecule has 4 heteroatoms. The summed E-state index contributed by atoms with van der Waals surface area (Å²) in [6.45, 7) is 4.06. The summed E-state index contributed by atoms with van der Waals surface area (Å²) >= 11 is 0. The lowest BCUT2D eigenvalue weighted by molar-refractivity contribution is -0.124. The Bertz CT molecular complexity index is 643. The van der Waals surface area contributed by atoms with Gasteiger partial charge >= 0.3 is 0 Å². The van der Waals surface area contributed by atoms with Gasteiger partial charge in [-0.05, 0) is 29.2 Å². The van der Waals surface area contributed by atoms with Gasteiger partial charge in [0.2, 0.25) is 5.91 Å². The van der Waals surface area contributed by atoms with Crippen LogP contribution < -0.4 is 5.32 Å². The van der Waals surface area contributed by atoms with Crippen molar-refractivity contribution in [2.75, 3.05) is 0 Å². The van der Waals surface area contributed by atoms with Crippen LogP contribution in [0.2, 0.25) is 0 Å². The molecule has 0 heterocycles. The maximum Gasteiger partial charge on any atom is 0.223 e. The molecule has 2 unspecified atom stereocenters. The van der Waals surface area contributed by atoms with E-state index in [-0.39, 0.29) is 24.3 Å². The van der Waals surface area contributed by atoms with Crippen LogP contribution in [0.5, 0.6) is 0 Å². The zero-order valence-electron chi connectivity index (χ0n) is 13.4. The van der Waals surface area contributed by atoms with Gasteiger partial charge in [0, 0.05) is 0 Å². The Morgan fingerprint density at radius 1 is 1.09 bits per heavy atom. The van der Waals surface area contributed by atoms with Crippen molar-refractivity contribution in [1.82, 2.24) is 5.32 Å². The van der Waals surface area contributed by atoms with Crippen molar-refractivity contribution in [3.8, 4) is 0 Å². The van der Waals surface area contributed by atoms with Gasteiger partial charge < -0.3 is 10.4 Å². The first-order chi connectivity index (χ1) is 11.0. The highest BCUT2D eigenvalue weighted by molar-refractivity contribution is 5.77. The van der Waals surface area contributed by atoms with E-state index < -0.39 is 11.9 Å². The summed E-state index contributed by atoms with van der Waals surface area (Å²) in [7, 11) is 0. The Balaban J connectivity index is 2.02. The number of hydrogen-bond acceptors (Lipinski definition) is 2. The fourth-order valence-electron chi connectivity index (χ4n) is 2.53. The molecule has 0 saturated heterocycles. The average molecular weight is 315 g/mol. The molecular formula is C19H22FNO2. The van der Waals surface area contributed by atoms with Crippen LogP contribution in [0.25, 0.3) is 0 Å². The maximum absolute atomic E-state index is 13.2. The summed E-state index contributed by atoms with van der Waals surface area (Å²) in [6, 6.07) is 15.3. The second-order valence-electron chi connectivity index (χ2n) is 5.97. The van der Waals surface area contributed by atoms with E-state index in [0.717, 1.165) is 5.56 Å². The third kappa shape index (κ3) is 4.89. The van der Waals surface area contributed by atoms with Crippen molar-refractivity contribution in [2.24, 2.45) is 5.92 Å². The van der Waals surface area contributed by atoms with Crippen LogP contribution in [0.4, 0.5) is 4.39 Å². The largest absolute Gasteiger partial charge is 0.388 e. The molecule has 0 aliphatic carbocycles. The van der Waals surface area contributed by atoms with E-state index in [1.165, 1.54) is 18.2 Å². The Hall–Kier alpha value is -2.20. The Kier molecular flexibility index (Phi) is 5.88. The minimum Gasteiger partial charge on any atom is -0.388 e. The number of rotatable bonds is 6. The molecule has 0 aliphatic heterocycles. The molecule has 0 aliphatic rings. The van der Waals surface area contributed by atoms with E-state index in [9.17, 15) is 14.3 Å². The molecule has 0 bridgehead atoms. The number of carbonyl (C=O) groups is 1. The average Bonchev–Trinajstić information content (AvgIpc) is 2.53. The van der Waals surface area contributed by atoms with Crippen molar-refractivity contribution in [2.45, 2.75) is 32.4 Å². The fraction of sp³-hybridized carbons (Fsp3) is 0.316. The van der Waals surface area contributed by atoms with Crippen LogP contribution in [0.3, 0.4) is 0 Å². The van der Waals surface area contributed by atoms with E-state index in [0.29, 0.717) is 5.56 Å². The van der Waals surface area contributed by atoms with Gasteiger partial charge in [-0.15, -0.1) is 0 Å². The van der Waals surface area contributed by atoms with Crippen molar-refractivity contribution < 1.29 is 14.3 Å². The minimum absolute atomic E-state index is 0.0977. The monoisotopic (exact) mass is 315 g/mol. The van der Waals surface area contributed by atoms with Crippen LogP contribution in [0.1, 0.15) is 43.5 Å². The lowest BCUT2D eigenvalue weighted by Crippen LogP contribution is -2.32. The second kappa shape index (κ2) is 7.88. The highest BCUT2D eigenvalue weighted by Crippen LogP contribution is 2.23. The number of hydrogen-bond donors (Lipinski definition) is 2. The fourth-order valence-corrected chi connectivity index (χ4v) is 2.53. The van der Waals surface area contributed by atoms with Gasteiger partial charge in [0.1, 0.15) is 5.82 Å². The molecule has 0 radical (unpaired) electrons. The molecule has 23 heavy (non-hydrogen) atoms. The number of nitrogens with one attached hydrogen (secondary N) is 1. The van der Waals surface area contributed by atoms with Gasteiger partial charge in [-0.1, -0.05) is 56.3 Å². The van der Waals surface area contributed by atoms with Crippen molar-refractivity contribution in [1.29, 1.82) is 0 Å². The van der Waals surface area contributed by atoms with E-state index >= 15 is 0 Å². The number of carbonyl (C=O) groups excluding carboxylic acids is 1. The second-order valence-corrected chi connectivity index (χ2v) is 5.97. The zero-order chi connectivity index (χ0) is 16.8. The van der Waals surface area contributed by atoms with Crippen LogP contribution in [0.15, 0.2) is 54.6 Å². The summed E-state index contributed by atoms with van der Waals surface area (Å²) < 4.78 is 13.2. The van der Waals surface area contributed by atoms with Crippen LogP contribution in [-0.2, 0) is 4.79 Å². The minimum atomic E-state index is -1.02. The molecule has 0 aromatic heterocycles. The molecular weight excluding hydrogens is 293 g/mol. The molecule has 0 fully saturated rings. The standard InChI is InChI=1S/C19H22FNO2/c1-13(2)19(14-7-4-3-5-8-14)21-18(23)12-17(22)15-9-6-10-16(20)11-15/h3-11,13,17,19,22H,12H2,1-2H3,(H,21,23). The Morgan fingerprint density at radius 2 is 1.74 bits per heavy atom. The summed E-state index contributed by atoms with van der Waals surface area (Å²) in [5.41, 5.74) is 1.43. The Morgan fingerprint density at radius 3 is 2.35 bits per heavy atom. The molecule has 2 rings (SSSR count). The van der Waals surface area contributed by atoms with Gasteiger partial charge in [-0.2, -0.15) is 0 Å². The third-order valence-electron chi connectivity index (χ3n) is 3.75. The number of benzene rings is 2. The molecule has 2 aromatic rings. The normalized spacial score (nSPS) is 13.6. The zero-order valence-corrected chi connectivity index (χ0v) is 13.4. The molecule has 122 valence electrons. The molecule has 1 amide bonds. The van der Waals surface area contributed by atoms with Gasteiger partial charge in [0.15, 0.2) is 0 Å². The van der Waals surface area contributed by atoms with Gasteiger partial charge in [0.05, 0.1) is 18.6 Å². The molecule has 0 saturated carbocycles. The first-order valence-corrected chi connectivity index (χ1v) is 7.75. The van der Waals surface area contributed by atoms with Crippen LogP contribution >= 0.6 is 0 Å². The van der Waals surface area contributed by atoms with E-state index in [2.05, 4.69) is 5.32 Å². The highest BCUT2D eigenvalue weighted by atomic mass is 19.1. The molecule has 2 atom stereocenters. The predicted molar refractivity (Wildman–Crippen MR) is 88.1 cm³/mol. The smallest absolute Gasteiger partial charge is 0.223 e. The van der Waals surface area contributed by atoms with Gasteiger partial charge in [-0.25, -0.2) is 4.39 Å². The number of aliphatic hydroxyl groups is 1. The number of amides is 1. The van der Waals surface area contributed by atoms with Crippen molar-refractivity contribution in [3.05, 3.63) is 71.5 Å². The summed E-state index contributed by atoms with van der Waals surface area (Å²) in [4.78, 5) is 12.2. The summed E-state index contributed by atoms with van der Waals surface area (Å²) in [5.74, 6) is -0.469. The number of aliphatic hydroxyl groups excluding tert-OH is 1. The van der Waals surface area contributed by atoms with Crippen LogP contribution in [-0.4, -0.2) is 11.0 Å². The molecule has 0 spiro atoms. The van der Waals surface area contributed by atoms with Crippen molar-refractivity contribution in [3.63, 3.8) is 0 Å². The first kappa shape index (κ1) is 17.2. The molecule has 2 N–H and O–H groups in total. The molecule has 3 nitrogen and oxygen atoms in total. The number of halogens is 1. The third-order valence-corrected chi connectivity index (χ3v) is 3.75. The van der Waals surface area contributed by atoms with Gasteiger partial charge in [-0.3, -0.25) is 4.79 Å². The quantitative estimate of drug-likeness (QED) is 0.852. The SMILES string of the molecule is CC(C)C(NC(=O)CC(O)c1cccc(F)c1)c1ccccc1. The lowest BCUT2D eigenvalue weighted by Gasteiger charge is -2.23.